The second-order valence-corrected chi connectivity index (χ2v) is 5.70. The highest BCUT2D eigenvalue weighted by atomic mass is 35.5. The van der Waals surface area contributed by atoms with Crippen LogP contribution < -0.4 is 10.6 Å². The highest BCUT2D eigenvalue weighted by molar-refractivity contribution is 7.80. The van der Waals surface area contributed by atoms with E-state index in [1.54, 1.807) is 24.3 Å². The maximum absolute atomic E-state index is 10.8. The first-order valence-electron chi connectivity index (χ1n) is 5.84. The van der Waals surface area contributed by atoms with Gasteiger partial charge in [-0.15, -0.1) is 0 Å². The van der Waals surface area contributed by atoms with Gasteiger partial charge in [0, 0.05) is 11.8 Å². The highest BCUT2D eigenvalue weighted by Gasteiger charge is 2.13. The van der Waals surface area contributed by atoms with Crippen molar-refractivity contribution in [1.82, 2.24) is 0 Å². The maximum Gasteiger partial charge on any atom is 0.289 e. The summed E-state index contributed by atoms with van der Waals surface area (Å²) in [5.74, 6) is 0. The second-order valence-electron chi connectivity index (χ2n) is 4.10. The Labute approximate surface area is 146 Å². The van der Waals surface area contributed by atoms with Crippen LogP contribution in [0.15, 0.2) is 36.4 Å². The van der Waals surface area contributed by atoms with E-state index < -0.39 is 4.92 Å². The number of hydrogen-bond acceptors (Lipinski definition) is 3. The van der Waals surface area contributed by atoms with Crippen molar-refractivity contribution in [2.45, 2.75) is 0 Å². The van der Waals surface area contributed by atoms with Gasteiger partial charge in [-0.25, -0.2) is 0 Å². The molecule has 0 aliphatic heterocycles. The van der Waals surface area contributed by atoms with Crippen LogP contribution in [-0.2, 0) is 0 Å². The highest BCUT2D eigenvalue weighted by Crippen LogP contribution is 2.30. The van der Waals surface area contributed by atoms with E-state index in [1.807, 2.05) is 0 Å². The summed E-state index contributed by atoms with van der Waals surface area (Å²) in [6.45, 7) is 0. The minimum atomic E-state index is -0.572. The van der Waals surface area contributed by atoms with Gasteiger partial charge in [0.15, 0.2) is 5.11 Å². The lowest BCUT2D eigenvalue weighted by Gasteiger charge is -2.12. The van der Waals surface area contributed by atoms with Crippen LogP contribution >= 0.6 is 47.0 Å². The van der Waals surface area contributed by atoms with Crippen LogP contribution in [0.25, 0.3) is 0 Å². The van der Waals surface area contributed by atoms with Crippen molar-refractivity contribution in [3.8, 4) is 0 Å². The predicted octanol–water partition coefficient (Wildman–Crippen LogP) is 5.36. The molecule has 0 aliphatic rings. The van der Waals surface area contributed by atoms with Gasteiger partial charge in [-0.1, -0.05) is 40.9 Å². The molecule has 0 spiro atoms. The van der Waals surface area contributed by atoms with Gasteiger partial charge in [0.05, 0.1) is 20.7 Å². The Balaban J connectivity index is 2.14. The van der Waals surface area contributed by atoms with Crippen LogP contribution in [0.2, 0.25) is 15.1 Å². The molecule has 0 unspecified atom stereocenters. The van der Waals surface area contributed by atoms with E-state index >= 15 is 0 Å². The maximum atomic E-state index is 10.8. The molecule has 0 bridgehead atoms. The summed E-state index contributed by atoms with van der Waals surface area (Å²) in [6, 6.07) is 9.34. The third-order valence-electron chi connectivity index (χ3n) is 2.60. The largest absolute Gasteiger partial charge is 0.332 e. The van der Waals surface area contributed by atoms with Crippen molar-refractivity contribution in [1.29, 1.82) is 0 Å². The number of nitro groups is 1. The second kappa shape index (κ2) is 7.11. The van der Waals surface area contributed by atoms with Gasteiger partial charge in [0.2, 0.25) is 0 Å². The summed E-state index contributed by atoms with van der Waals surface area (Å²) in [6.07, 6.45) is 0. The van der Waals surface area contributed by atoms with Crippen LogP contribution in [0.5, 0.6) is 0 Å². The molecule has 2 aromatic carbocycles. The standard InChI is InChI=1S/C13H8Cl3N3O2S/c14-8-5-4-7(6-11(8)19(20)21)17-13(22)18-10-3-1-2-9(15)12(10)16/h1-6H,(H2,17,18,22). The monoisotopic (exact) mass is 375 g/mol. The normalized spacial score (nSPS) is 10.1. The van der Waals surface area contributed by atoms with Gasteiger partial charge < -0.3 is 10.6 Å². The minimum absolute atomic E-state index is 0.0484. The SMILES string of the molecule is O=[N+]([O-])c1cc(NC(=S)Nc2cccc(Cl)c2Cl)ccc1Cl. The third kappa shape index (κ3) is 3.98. The summed E-state index contributed by atoms with van der Waals surface area (Å²) < 4.78 is 0. The Kier molecular flexibility index (Phi) is 5.42. The zero-order valence-electron chi connectivity index (χ0n) is 10.8. The van der Waals surface area contributed by atoms with E-state index in [0.29, 0.717) is 21.4 Å². The molecule has 0 aromatic heterocycles. The fourth-order valence-corrected chi connectivity index (χ4v) is 2.38. The predicted molar refractivity (Wildman–Crippen MR) is 94.4 cm³/mol. The van der Waals surface area contributed by atoms with Crippen molar-refractivity contribution in [3.63, 3.8) is 0 Å². The summed E-state index contributed by atoms with van der Waals surface area (Å²) in [5, 5.41) is 17.5. The van der Waals surface area contributed by atoms with E-state index in [0.717, 1.165) is 0 Å². The number of rotatable bonds is 3. The molecule has 5 nitrogen and oxygen atoms in total. The van der Waals surface area contributed by atoms with E-state index in [2.05, 4.69) is 10.6 Å². The van der Waals surface area contributed by atoms with Crippen molar-refractivity contribution in [3.05, 3.63) is 61.6 Å². The summed E-state index contributed by atoms with van der Waals surface area (Å²) in [4.78, 5) is 10.3. The van der Waals surface area contributed by atoms with E-state index in [-0.39, 0.29) is 15.8 Å². The van der Waals surface area contributed by atoms with Crippen molar-refractivity contribution < 1.29 is 4.92 Å². The number of hydrogen-bond donors (Lipinski definition) is 2. The number of benzene rings is 2. The first-order valence-corrected chi connectivity index (χ1v) is 7.38. The quantitative estimate of drug-likeness (QED) is 0.428. The molecule has 0 fully saturated rings. The molecule has 114 valence electrons. The Morgan fingerprint density at radius 1 is 1.09 bits per heavy atom. The van der Waals surface area contributed by atoms with Gasteiger partial charge in [0.25, 0.3) is 5.69 Å². The van der Waals surface area contributed by atoms with Crippen molar-refractivity contribution >= 4 is 69.2 Å². The van der Waals surface area contributed by atoms with Crippen LogP contribution in [0.1, 0.15) is 0 Å². The summed E-state index contributed by atoms with van der Waals surface area (Å²) >= 11 is 22.8. The molecule has 2 N–H and O–H groups in total. The Hall–Kier alpha value is -1.60. The topological polar surface area (TPSA) is 67.2 Å². The Morgan fingerprint density at radius 2 is 1.82 bits per heavy atom. The lowest BCUT2D eigenvalue weighted by Crippen LogP contribution is -2.19. The lowest BCUT2D eigenvalue weighted by atomic mass is 10.3. The molecular formula is C13H8Cl3N3O2S. The molecule has 0 heterocycles. The Morgan fingerprint density at radius 3 is 2.50 bits per heavy atom. The molecule has 0 saturated carbocycles. The van der Waals surface area contributed by atoms with E-state index in [1.165, 1.54) is 12.1 Å². The van der Waals surface area contributed by atoms with Gasteiger partial charge in [-0.05, 0) is 36.5 Å². The van der Waals surface area contributed by atoms with Gasteiger partial charge in [-0.2, -0.15) is 0 Å². The van der Waals surface area contributed by atoms with Crippen LogP contribution in [0.4, 0.5) is 17.1 Å². The van der Waals surface area contributed by atoms with Crippen molar-refractivity contribution in [2.24, 2.45) is 0 Å². The number of nitrogens with zero attached hydrogens (tertiary/aromatic N) is 1. The minimum Gasteiger partial charge on any atom is -0.332 e. The smallest absolute Gasteiger partial charge is 0.289 e. The van der Waals surface area contributed by atoms with E-state index in [4.69, 9.17) is 47.0 Å². The molecule has 0 radical (unpaired) electrons. The number of thiocarbonyl (C=S) groups is 1. The molecule has 0 amide bonds. The molecule has 0 atom stereocenters. The fraction of sp³-hybridized carbons (Fsp3) is 0. The molecule has 0 saturated heterocycles. The lowest BCUT2D eigenvalue weighted by molar-refractivity contribution is -0.384. The number of nitro benzene ring substituents is 1. The van der Waals surface area contributed by atoms with Gasteiger partial charge in [0.1, 0.15) is 5.02 Å². The average Bonchev–Trinajstić information content (AvgIpc) is 2.45. The summed E-state index contributed by atoms with van der Waals surface area (Å²) in [5.41, 5.74) is 0.733. The molecule has 2 rings (SSSR count). The van der Waals surface area contributed by atoms with Gasteiger partial charge in [-0.3, -0.25) is 10.1 Å². The molecular weight excluding hydrogens is 369 g/mol. The summed E-state index contributed by atoms with van der Waals surface area (Å²) in [7, 11) is 0. The van der Waals surface area contributed by atoms with Gasteiger partial charge >= 0.3 is 0 Å². The average molecular weight is 377 g/mol. The Bertz CT molecular complexity index is 755. The number of nitrogens with one attached hydrogen (secondary N) is 2. The molecule has 0 aliphatic carbocycles. The van der Waals surface area contributed by atoms with E-state index in [9.17, 15) is 10.1 Å². The third-order valence-corrected chi connectivity index (χ3v) is 3.94. The molecule has 9 heteroatoms. The molecule has 2 aromatic rings. The zero-order valence-corrected chi connectivity index (χ0v) is 13.9. The van der Waals surface area contributed by atoms with Crippen LogP contribution in [-0.4, -0.2) is 10.0 Å². The van der Waals surface area contributed by atoms with Crippen LogP contribution in [0, 0.1) is 10.1 Å². The number of halogens is 3. The zero-order chi connectivity index (χ0) is 16.3. The van der Waals surface area contributed by atoms with Crippen LogP contribution in [0.3, 0.4) is 0 Å². The van der Waals surface area contributed by atoms with Crippen molar-refractivity contribution in [2.75, 3.05) is 10.6 Å². The first kappa shape index (κ1) is 16.8. The fourth-order valence-electron chi connectivity index (χ4n) is 1.62. The first-order chi connectivity index (χ1) is 10.4. The number of anilines is 2. The molecule has 22 heavy (non-hydrogen) atoms.